The van der Waals surface area contributed by atoms with Gasteiger partial charge in [0.05, 0.1) is 12.1 Å². The molecule has 1 rings (SSSR count). The topological polar surface area (TPSA) is 75.4 Å². The van der Waals surface area contributed by atoms with Crippen LogP contribution in [0.2, 0.25) is 0 Å². The Morgan fingerprint density at radius 1 is 1.30 bits per heavy atom. The Labute approximate surface area is 113 Å². The molecular weight excluding hydrogens is 275 g/mol. The number of nitrogens with two attached hydrogens (primary N) is 1. The second-order valence-corrected chi connectivity index (χ2v) is 4.14. The first-order valence-electron chi connectivity index (χ1n) is 5.64. The molecule has 2 amide bonds. The van der Waals surface area contributed by atoms with Crippen molar-refractivity contribution in [2.45, 2.75) is 6.18 Å². The minimum atomic E-state index is -4.48. The van der Waals surface area contributed by atoms with Gasteiger partial charge in [0, 0.05) is 12.7 Å². The maximum absolute atomic E-state index is 11.9. The number of hydrogen-bond donors (Lipinski definition) is 2. The first-order chi connectivity index (χ1) is 9.20. The van der Waals surface area contributed by atoms with E-state index in [9.17, 15) is 22.8 Å². The van der Waals surface area contributed by atoms with Crippen LogP contribution in [0.15, 0.2) is 24.3 Å². The molecule has 3 N–H and O–H groups in total. The Morgan fingerprint density at radius 2 is 1.90 bits per heavy atom. The second kappa shape index (κ2) is 6.27. The highest BCUT2D eigenvalue weighted by Gasteiger charge is 2.28. The summed E-state index contributed by atoms with van der Waals surface area (Å²) < 4.78 is 35.8. The van der Waals surface area contributed by atoms with Gasteiger partial charge in [-0.25, -0.2) is 0 Å². The van der Waals surface area contributed by atoms with Gasteiger partial charge in [-0.05, 0) is 12.1 Å². The third-order valence-corrected chi connectivity index (χ3v) is 2.40. The Balaban J connectivity index is 2.59. The number of benzene rings is 1. The molecule has 0 radical (unpaired) electrons. The average Bonchev–Trinajstić information content (AvgIpc) is 2.35. The molecule has 0 saturated carbocycles. The van der Waals surface area contributed by atoms with Crippen molar-refractivity contribution in [1.29, 1.82) is 0 Å². The molecule has 0 aliphatic carbocycles. The molecule has 0 heterocycles. The van der Waals surface area contributed by atoms with Crippen molar-refractivity contribution >= 4 is 17.5 Å². The summed E-state index contributed by atoms with van der Waals surface area (Å²) in [7, 11) is 1.31. The third-order valence-electron chi connectivity index (χ3n) is 2.40. The first-order valence-corrected chi connectivity index (χ1v) is 5.64. The van der Waals surface area contributed by atoms with Crippen LogP contribution in [-0.4, -0.2) is 43.0 Å². The van der Waals surface area contributed by atoms with Gasteiger partial charge in [-0.1, -0.05) is 12.1 Å². The standard InChI is InChI=1S/C12H14F3N3O2/c1-18(6-10(19)17-7-12(13,14)15)11(20)8-4-2-3-5-9(8)16/h2-5H,6-7,16H2,1H3,(H,17,19). The Hall–Kier alpha value is -2.25. The number of anilines is 1. The number of nitrogens with zero attached hydrogens (tertiary/aromatic N) is 1. The molecule has 1 aromatic rings. The first kappa shape index (κ1) is 15.8. The molecule has 0 aliphatic rings. The highest BCUT2D eigenvalue weighted by atomic mass is 19.4. The van der Waals surface area contributed by atoms with E-state index in [1.54, 1.807) is 17.4 Å². The summed E-state index contributed by atoms with van der Waals surface area (Å²) in [6.07, 6.45) is -4.48. The fraction of sp³-hybridized carbons (Fsp3) is 0.333. The predicted molar refractivity (Wildman–Crippen MR) is 66.9 cm³/mol. The van der Waals surface area contributed by atoms with E-state index in [1.807, 2.05) is 0 Å². The number of likely N-dealkylation sites (N-methyl/N-ethyl adjacent to an activating group) is 1. The molecule has 0 saturated heterocycles. The van der Waals surface area contributed by atoms with Crippen molar-refractivity contribution < 1.29 is 22.8 Å². The van der Waals surface area contributed by atoms with E-state index in [2.05, 4.69) is 0 Å². The number of carbonyl (C=O) groups excluding carboxylic acids is 2. The van der Waals surface area contributed by atoms with E-state index >= 15 is 0 Å². The predicted octanol–water partition coefficient (Wildman–Crippen LogP) is 1.02. The number of hydrogen-bond acceptors (Lipinski definition) is 3. The molecular formula is C12H14F3N3O2. The van der Waals surface area contributed by atoms with Gasteiger partial charge in [0.2, 0.25) is 5.91 Å². The molecule has 0 atom stereocenters. The van der Waals surface area contributed by atoms with Crippen molar-refractivity contribution in [3.05, 3.63) is 29.8 Å². The van der Waals surface area contributed by atoms with Gasteiger partial charge in [-0.2, -0.15) is 13.2 Å². The fourth-order valence-corrected chi connectivity index (χ4v) is 1.44. The van der Waals surface area contributed by atoms with Crippen LogP contribution in [0.3, 0.4) is 0 Å². The lowest BCUT2D eigenvalue weighted by Gasteiger charge is -2.18. The molecule has 8 heteroatoms. The lowest BCUT2D eigenvalue weighted by molar-refractivity contribution is -0.138. The van der Waals surface area contributed by atoms with Crippen molar-refractivity contribution in [3.8, 4) is 0 Å². The lowest BCUT2D eigenvalue weighted by Crippen LogP contribution is -2.41. The number of nitrogens with one attached hydrogen (secondary N) is 1. The second-order valence-electron chi connectivity index (χ2n) is 4.14. The maximum Gasteiger partial charge on any atom is 0.405 e. The molecule has 0 aromatic heterocycles. The van der Waals surface area contributed by atoms with Crippen LogP contribution in [0.25, 0.3) is 0 Å². The normalized spacial score (nSPS) is 11.0. The molecule has 20 heavy (non-hydrogen) atoms. The summed E-state index contributed by atoms with van der Waals surface area (Å²) in [6, 6.07) is 6.23. The minimum absolute atomic E-state index is 0.193. The van der Waals surface area contributed by atoms with Crippen molar-refractivity contribution in [2.24, 2.45) is 0 Å². The fourth-order valence-electron chi connectivity index (χ4n) is 1.44. The number of alkyl halides is 3. The van der Waals surface area contributed by atoms with E-state index in [-0.39, 0.29) is 11.3 Å². The third kappa shape index (κ3) is 4.79. The SMILES string of the molecule is CN(CC(=O)NCC(F)(F)F)C(=O)c1ccccc1N. The quantitative estimate of drug-likeness (QED) is 0.813. The molecule has 5 nitrogen and oxygen atoms in total. The van der Waals surface area contributed by atoms with Gasteiger partial charge in [0.15, 0.2) is 0 Å². The molecule has 0 fully saturated rings. The van der Waals surface area contributed by atoms with Crippen molar-refractivity contribution in [1.82, 2.24) is 10.2 Å². The number of para-hydroxylation sites is 1. The zero-order valence-corrected chi connectivity index (χ0v) is 10.7. The lowest BCUT2D eigenvalue weighted by atomic mass is 10.1. The van der Waals surface area contributed by atoms with Crippen LogP contribution in [-0.2, 0) is 4.79 Å². The summed E-state index contributed by atoms with van der Waals surface area (Å²) in [5.41, 5.74) is 6.04. The Morgan fingerprint density at radius 3 is 2.45 bits per heavy atom. The molecule has 0 bridgehead atoms. The molecule has 1 aromatic carbocycles. The number of nitrogen functional groups attached to an aromatic ring is 1. The van der Waals surface area contributed by atoms with Crippen LogP contribution < -0.4 is 11.1 Å². The van der Waals surface area contributed by atoms with Gasteiger partial charge in [0.1, 0.15) is 6.54 Å². The smallest absolute Gasteiger partial charge is 0.398 e. The van der Waals surface area contributed by atoms with E-state index in [4.69, 9.17) is 5.73 Å². The largest absolute Gasteiger partial charge is 0.405 e. The summed E-state index contributed by atoms with van der Waals surface area (Å²) in [4.78, 5) is 24.2. The highest BCUT2D eigenvalue weighted by molar-refractivity contribution is 6.00. The minimum Gasteiger partial charge on any atom is -0.398 e. The average molecular weight is 289 g/mol. The summed E-state index contributed by atoms with van der Waals surface area (Å²) in [5.74, 6) is -1.43. The Bertz CT molecular complexity index is 503. The van der Waals surface area contributed by atoms with Crippen LogP contribution in [0.1, 0.15) is 10.4 Å². The van der Waals surface area contributed by atoms with E-state index in [0.717, 1.165) is 4.90 Å². The van der Waals surface area contributed by atoms with Crippen LogP contribution >= 0.6 is 0 Å². The van der Waals surface area contributed by atoms with Crippen molar-refractivity contribution in [3.63, 3.8) is 0 Å². The van der Waals surface area contributed by atoms with Gasteiger partial charge < -0.3 is 16.0 Å². The Kier molecular flexibility index (Phi) is 4.95. The number of carbonyl (C=O) groups is 2. The maximum atomic E-state index is 11.9. The summed E-state index contributed by atoms with van der Waals surface area (Å²) in [6.45, 7) is -1.91. The zero-order valence-electron chi connectivity index (χ0n) is 10.7. The van der Waals surface area contributed by atoms with Gasteiger partial charge in [-0.15, -0.1) is 0 Å². The van der Waals surface area contributed by atoms with Crippen LogP contribution in [0.4, 0.5) is 18.9 Å². The van der Waals surface area contributed by atoms with Gasteiger partial charge in [0.25, 0.3) is 5.91 Å². The molecule has 0 unspecified atom stereocenters. The highest BCUT2D eigenvalue weighted by Crippen LogP contribution is 2.13. The van der Waals surface area contributed by atoms with Crippen LogP contribution in [0, 0.1) is 0 Å². The summed E-state index contributed by atoms with van der Waals surface area (Å²) in [5, 5.41) is 1.69. The molecule has 0 spiro atoms. The van der Waals surface area contributed by atoms with E-state index < -0.39 is 31.1 Å². The van der Waals surface area contributed by atoms with Gasteiger partial charge in [-0.3, -0.25) is 9.59 Å². The van der Waals surface area contributed by atoms with E-state index in [1.165, 1.54) is 19.2 Å². The van der Waals surface area contributed by atoms with E-state index in [0.29, 0.717) is 0 Å². The number of halogens is 3. The van der Waals surface area contributed by atoms with Crippen molar-refractivity contribution in [2.75, 3.05) is 25.9 Å². The monoisotopic (exact) mass is 289 g/mol. The summed E-state index contributed by atoms with van der Waals surface area (Å²) >= 11 is 0. The van der Waals surface area contributed by atoms with Crippen LogP contribution in [0.5, 0.6) is 0 Å². The van der Waals surface area contributed by atoms with Gasteiger partial charge >= 0.3 is 6.18 Å². The molecule has 0 aliphatic heterocycles. The molecule has 110 valence electrons. The zero-order chi connectivity index (χ0) is 15.3. The number of rotatable bonds is 4. The number of amides is 2.